The molecule has 6 heteroatoms. The van der Waals surface area contributed by atoms with E-state index < -0.39 is 15.6 Å². The Kier molecular flexibility index (Phi) is 9.79. The van der Waals surface area contributed by atoms with E-state index >= 15 is 0 Å². The third kappa shape index (κ3) is 8.33. The summed E-state index contributed by atoms with van der Waals surface area (Å²) >= 11 is 1.58. The molecular weight excluding hydrogens is 488 g/mol. The molecule has 0 fully saturated rings. The van der Waals surface area contributed by atoms with Gasteiger partial charge in [0.05, 0.1) is 10.6 Å². The zero-order chi connectivity index (χ0) is 26.0. The Morgan fingerprint density at radius 2 is 1.00 bits per heavy atom. The molecule has 0 aliphatic carbocycles. The molecule has 0 bridgehead atoms. The number of thioether (sulfide) groups is 1. The Labute approximate surface area is 217 Å². The highest BCUT2D eigenvalue weighted by atomic mass is 32.2. The second kappa shape index (κ2) is 13.0. The van der Waals surface area contributed by atoms with E-state index in [4.69, 9.17) is 0 Å². The minimum Gasteiger partial charge on any atom is -0.299 e. The second-order valence-corrected chi connectivity index (χ2v) is 11.3. The molecule has 0 aliphatic heterocycles. The molecule has 184 valence electrons. The number of Topliss-reactive ketones (excluding diaryl/α,β-unsaturated/α-hetero) is 2. The smallest absolute Gasteiger partial charge is 0.185 e. The zero-order valence-corrected chi connectivity index (χ0v) is 21.9. The molecule has 0 N–H and O–H groups in total. The van der Waals surface area contributed by atoms with Crippen molar-refractivity contribution in [1.29, 1.82) is 0 Å². The fraction of sp³-hybridized carbons (Fsp3) is 0.133. The van der Waals surface area contributed by atoms with Gasteiger partial charge in [0.15, 0.2) is 9.84 Å². The van der Waals surface area contributed by atoms with Crippen LogP contribution in [0.5, 0.6) is 0 Å². The topological polar surface area (TPSA) is 68.3 Å². The van der Waals surface area contributed by atoms with Gasteiger partial charge < -0.3 is 0 Å². The molecular formula is C30H28O4S2. The van der Waals surface area contributed by atoms with Crippen molar-refractivity contribution in [3.05, 3.63) is 109 Å². The number of hydrogen-bond acceptors (Lipinski definition) is 5. The molecule has 0 heterocycles. The quantitative estimate of drug-likeness (QED) is 0.242. The van der Waals surface area contributed by atoms with Gasteiger partial charge in [-0.1, -0.05) is 84.9 Å². The highest BCUT2D eigenvalue weighted by molar-refractivity contribution is 8.00. The van der Waals surface area contributed by atoms with Crippen molar-refractivity contribution in [1.82, 2.24) is 0 Å². The SMILES string of the molecule is CC(=O)CS(=O)(=O)c1ccc(-c2ccccc2)cc1.CC(=O)CSc1ccc(-c2ccccc2)cc1. The van der Waals surface area contributed by atoms with Crippen molar-refractivity contribution in [2.45, 2.75) is 23.6 Å². The molecule has 4 aromatic rings. The van der Waals surface area contributed by atoms with Crippen molar-refractivity contribution in [2.24, 2.45) is 0 Å². The predicted molar refractivity (Wildman–Crippen MR) is 148 cm³/mol. The molecule has 0 aliphatic rings. The number of carbonyl (C=O) groups excluding carboxylic acids is 2. The van der Waals surface area contributed by atoms with E-state index in [0.717, 1.165) is 16.0 Å². The lowest BCUT2D eigenvalue weighted by Crippen LogP contribution is -2.13. The van der Waals surface area contributed by atoms with Gasteiger partial charge in [0, 0.05) is 4.90 Å². The van der Waals surface area contributed by atoms with E-state index in [9.17, 15) is 18.0 Å². The summed E-state index contributed by atoms with van der Waals surface area (Å²) in [5, 5.41) is 0. The maximum Gasteiger partial charge on any atom is 0.185 e. The minimum atomic E-state index is -3.51. The molecule has 0 amide bonds. The van der Waals surface area contributed by atoms with Gasteiger partial charge in [-0.15, -0.1) is 11.8 Å². The zero-order valence-electron chi connectivity index (χ0n) is 20.3. The Morgan fingerprint density at radius 1 is 0.583 bits per heavy atom. The van der Waals surface area contributed by atoms with Gasteiger partial charge >= 0.3 is 0 Å². The fourth-order valence-electron chi connectivity index (χ4n) is 3.40. The van der Waals surface area contributed by atoms with Crippen LogP contribution in [0.4, 0.5) is 0 Å². The lowest BCUT2D eigenvalue weighted by Gasteiger charge is -2.05. The van der Waals surface area contributed by atoms with E-state index in [0.29, 0.717) is 5.75 Å². The summed E-state index contributed by atoms with van der Waals surface area (Å²) in [6.45, 7) is 2.89. The molecule has 0 radical (unpaired) electrons. The van der Waals surface area contributed by atoms with Gasteiger partial charge in [-0.3, -0.25) is 9.59 Å². The summed E-state index contributed by atoms with van der Waals surface area (Å²) in [7, 11) is -3.51. The molecule has 0 saturated heterocycles. The van der Waals surface area contributed by atoms with E-state index in [1.54, 1.807) is 43.0 Å². The van der Waals surface area contributed by atoms with Crippen LogP contribution in [0.25, 0.3) is 22.3 Å². The van der Waals surface area contributed by atoms with Crippen LogP contribution in [-0.4, -0.2) is 31.5 Å². The normalized spacial score (nSPS) is 10.7. The highest BCUT2D eigenvalue weighted by Gasteiger charge is 2.16. The number of hydrogen-bond donors (Lipinski definition) is 0. The maximum absolute atomic E-state index is 11.9. The van der Waals surface area contributed by atoms with E-state index in [1.807, 2.05) is 48.5 Å². The van der Waals surface area contributed by atoms with Gasteiger partial charge in [-0.05, 0) is 60.4 Å². The van der Waals surface area contributed by atoms with Crippen LogP contribution in [0, 0.1) is 0 Å². The molecule has 4 rings (SSSR count). The Bertz CT molecular complexity index is 1380. The first-order valence-electron chi connectivity index (χ1n) is 11.4. The van der Waals surface area contributed by atoms with Gasteiger partial charge in [-0.2, -0.15) is 0 Å². The van der Waals surface area contributed by atoms with Crippen molar-refractivity contribution in [3.8, 4) is 22.3 Å². The first-order chi connectivity index (χ1) is 17.2. The summed E-state index contributed by atoms with van der Waals surface area (Å²) in [5.41, 5.74) is 4.40. The van der Waals surface area contributed by atoms with Crippen molar-refractivity contribution in [3.63, 3.8) is 0 Å². The molecule has 0 saturated carbocycles. The average molecular weight is 517 g/mol. The summed E-state index contributed by atoms with van der Waals surface area (Å²) in [5.74, 6) is -0.0446. The van der Waals surface area contributed by atoms with Crippen LogP contribution in [0.1, 0.15) is 13.8 Å². The predicted octanol–water partition coefficient (Wildman–Crippen LogP) is 6.75. The van der Waals surface area contributed by atoms with Crippen molar-refractivity contribution in [2.75, 3.05) is 11.5 Å². The molecule has 0 unspecified atom stereocenters. The van der Waals surface area contributed by atoms with Crippen molar-refractivity contribution >= 4 is 33.2 Å². The molecule has 4 aromatic carbocycles. The molecule has 36 heavy (non-hydrogen) atoms. The van der Waals surface area contributed by atoms with Crippen LogP contribution >= 0.6 is 11.8 Å². The Hall–Kier alpha value is -3.48. The van der Waals surface area contributed by atoms with Gasteiger partial charge in [0.2, 0.25) is 0 Å². The summed E-state index contributed by atoms with van der Waals surface area (Å²) in [6.07, 6.45) is 0. The van der Waals surface area contributed by atoms with Crippen molar-refractivity contribution < 1.29 is 18.0 Å². The standard InChI is InChI=1S/C15H14O3S.C15H14OS/c1-12(16)11-19(17,18)15-9-7-14(8-10-15)13-5-3-2-4-6-13;1-12(16)11-17-15-9-7-14(8-10-15)13-5-3-2-4-6-13/h2-10H,11H2,1H3;2-10H,11H2,1H3. The van der Waals surface area contributed by atoms with Gasteiger partial charge in [-0.25, -0.2) is 8.42 Å². The molecule has 0 aromatic heterocycles. The largest absolute Gasteiger partial charge is 0.299 e. The molecule has 4 nitrogen and oxygen atoms in total. The van der Waals surface area contributed by atoms with Crippen LogP contribution in [0.3, 0.4) is 0 Å². The molecule has 0 atom stereocenters. The van der Waals surface area contributed by atoms with E-state index in [-0.39, 0.29) is 16.5 Å². The number of sulfone groups is 1. The highest BCUT2D eigenvalue weighted by Crippen LogP contribution is 2.24. The number of ketones is 2. The molecule has 0 spiro atoms. The fourth-order valence-corrected chi connectivity index (χ4v) is 5.35. The van der Waals surface area contributed by atoms with Crippen LogP contribution < -0.4 is 0 Å². The number of rotatable bonds is 8. The summed E-state index contributed by atoms with van der Waals surface area (Å²) in [6, 6.07) is 34.9. The Balaban J connectivity index is 0.000000202. The lowest BCUT2D eigenvalue weighted by atomic mass is 10.1. The monoisotopic (exact) mass is 516 g/mol. The summed E-state index contributed by atoms with van der Waals surface area (Å²) in [4.78, 5) is 23.1. The third-order valence-electron chi connectivity index (χ3n) is 5.12. The maximum atomic E-state index is 11.9. The first-order valence-corrected chi connectivity index (χ1v) is 14.0. The van der Waals surface area contributed by atoms with E-state index in [1.165, 1.54) is 18.1 Å². The summed E-state index contributed by atoms with van der Waals surface area (Å²) < 4.78 is 23.7. The number of carbonyl (C=O) groups is 2. The average Bonchev–Trinajstić information content (AvgIpc) is 2.88. The second-order valence-electron chi connectivity index (χ2n) is 8.23. The van der Waals surface area contributed by atoms with Crippen LogP contribution in [-0.2, 0) is 19.4 Å². The first kappa shape index (κ1) is 27.1. The van der Waals surface area contributed by atoms with Crippen LogP contribution in [0.2, 0.25) is 0 Å². The van der Waals surface area contributed by atoms with Gasteiger partial charge in [0.25, 0.3) is 0 Å². The lowest BCUT2D eigenvalue weighted by molar-refractivity contribution is -0.115. The Morgan fingerprint density at radius 3 is 1.42 bits per heavy atom. The van der Waals surface area contributed by atoms with Crippen LogP contribution in [0.15, 0.2) is 119 Å². The van der Waals surface area contributed by atoms with Gasteiger partial charge in [0.1, 0.15) is 17.3 Å². The third-order valence-corrected chi connectivity index (χ3v) is 8.05. The number of benzene rings is 4. The van der Waals surface area contributed by atoms with E-state index in [2.05, 4.69) is 36.4 Å². The minimum absolute atomic E-state index is 0.183.